The standard InChI is InChI=1S/C12H24N2/c1-2-11-5-3-8-14(11)10-12(9-13)6-4-7-12/h11H,2-10,13H2,1H3. The van der Waals surface area contributed by atoms with Crippen molar-refractivity contribution >= 4 is 0 Å². The van der Waals surface area contributed by atoms with Gasteiger partial charge in [-0.05, 0) is 50.6 Å². The molecule has 82 valence electrons. The first-order chi connectivity index (χ1) is 6.79. The molecular weight excluding hydrogens is 172 g/mol. The lowest BCUT2D eigenvalue weighted by Gasteiger charge is -2.44. The minimum Gasteiger partial charge on any atom is -0.330 e. The third-order valence-corrected chi connectivity index (χ3v) is 4.36. The maximum atomic E-state index is 5.91. The summed E-state index contributed by atoms with van der Waals surface area (Å²) in [6, 6.07) is 0.860. The molecule has 1 saturated carbocycles. The molecule has 0 aromatic rings. The summed E-state index contributed by atoms with van der Waals surface area (Å²) in [6.07, 6.45) is 8.28. The van der Waals surface area contributed by atoms with Crippen LogP contribution in [0.2, 0.25) is 0 Å². The Labute approximate surface area is 87.8 Å². The van der Waals surface area contributed by atoms with E-state index in [1.54, 1.807) is 0 Å². The largest absolute Gasteiger partial charge is 0.330 e. The van der Waals surface area contributed by atoms with Crippen molar-refractivity contribution in [3.8, 4) is 0 Å². The molecular formula is C12H24N2. The van der Waals surface area contributed by atoms with Crippen LogP contribution in [0.1, 0.15) is 45.4 Å². The number of hydrogen-bond donors (Lipinski definition) is 1. The normalized spacial score (nSPS) is 31.7. The Hall–Kier alpha value is -0.0800. The molecule has 2 N–H and O–H groups in total. The molecule has 2 fully saturated rings. The monoisotopic (exact) mass is 196 g/mol. The maximum absolute atomic E-state index is 5.91. The van der Waals surface area contributed by atoms with E-state index >= 15 is 0 Å². The number of rotatable bonds is 4. The van der Waals surface area contributed by atoms with E-state index in [1.165, 1.54) is 51.6 Å². The Kier molecular flexibility index (Phi) is 3.13. The van der Waals surface area contributed by atoms with Gasteiger partial charge in [-0.15, -0.1) is 0 Å². The molecule has 1 atom stereocenters. The van der Waals surface area contributed by atoms with Crippen LogP contribution < -0.4 is 5.73 Å². The van der Waals surface area contributed by atoms with Crippen LogP contribution in [0.3, 0.4) is 0 Å². The lowest BCUT2D eigenvalue weighted by molar-refractivity contribution is 0.0675. The minimum absolute atomic E-state index is 0.512. The van der Waals surface area contributed by atoms with Gasteiger partial charge in [-0.2, -0.15) is 0 Å². The van der Waals surface area contributed by atoms with Crippen LogP contribution in [0.25, 0.3) is 0 Å². The molecule has 1 aliphatic heterocycles. The summed E-state index contributed by atoms with van der Waals surface area (Å²) >= 11 is 0. The van der Waals surface area contributed by atoms with E-state index < -0.39 is 0 Å². The molecule has 2 aliphatic rings. The molecule has 0 aromatic carbocycles. The van der Waals surface area contributed by atoms with Crippen LogP contribution >= 0.6 is 0 Å². The van der Waals surface area contributed by atoms with Gasteiger partial charge < -0.3 is 5.73 Å². The Bertz CT molecular complexity index is 181. The fourth-order valence-corrected chi connectivity index (χ4v) is 3.10. The van der Waals surface area contributed by atoms with Gasteiger partial charge in [0.2, 0.25) is 0 Å². The van der Waals surface area contributed by atoms with Crippen LogP contribution in [0.5, 0.6) is 0 Å². The van der Waals surface area contributed by atoms with E-state index in [0.29, 0.717) is 5.41 Å². The fraction of sp³-hybridized carbons (Fsp3) is 1.00. The second kappa shape index (κ2) is 4.19. The molecule has 2 nitrogen and oxygen atoms in total. The zero-order valence-electron chi connectivity index (χ0n) is 9.47. The molecule has 0 bridgehead atoms. The van der Waals surface area contributed by atoms with E-state index in [9.17, 15) is 0 Å². The van der Waals surface area contributed by atoms with Crippen molar-refractivity contribution in [3.05, 3.63) is 0 Å². The maximum Gasteiger partial charge on any atom is 0.00933 e. The molecule has 14 heavy (non-hydrogen) atoms. The fourth-order valence-electron chi connectivity index (χ4n) is 3.10. The Balaban J connectivity index is 1.89. The lowest BCUT2D eigenvalue weighted by Crippen LogP contribution is -2.48. The van der Waals surface area contributed by atoms with Gasteiger partial charge in [0, 0.05) is 12.6 Å². The van der Waals surface area contributed by atoms with Gasteiger partial charge in [-0.1, -0.05) is 13.3 Å². The van der Waals surface area contributed by atoms with E-state index in [1.807, 2.05) is 0 Å². The second-order valence-electron chi connectivity index (χ2n) is 5.23. The predicted molar refractivity (Wildman–Crippen MR) is 60.2 cm³/mol. The topological polar surface area (TPSA) is 29.3 Å². The first-order valence-corrected chi connectivity index (χ1v) is 6.24. The third kappa shape index (κ3) is 1.82. The predicted octanol–water partition coefficient (Wildman–Crippen LogP) is 1.99. The highest BCUT2D eigenvalue weighted by atomic mass is 15.2. The van der Waals surface area contributed by atoms with E-state index in [0.717, 1.165) is 12.6 Å². The number of hydrogen-bond acceptors (Lipinski definition) is 2. The molecule has 2 rings (SSSR count). The van der Waals surface area contributed by atoms with Crippen LogP contribution in [0.15, 0.2) is 0 Å². The average Bonchev–Trinajstić information content (AvgIpc) is 2.58. The first kappa shape index (κ1) is 10.4. The molecule has 1 saturated heterocycles. The molecule has 1 heterocycles. The van der Waals surface area contributed by atoms with Crippen LogP contribution in [0.4, 0.5) is 0 Å². The minimum atomic E-state index is 0.512. The lowest BCUT2D eigenvalue weighted by atomic mass is 9.68. The number of likely N-dealkylation sites (tertiary alicyclic amines) is 1. The van der Waals surface area contributed by atoms with E-state index in [4.69, 9.17) is 5.73 Å². The quantitative estimate of drug-likeness (QED) is 0.745. The summed E-state index contributed by atoms with van der Waals surface area (Å²) in [4.78, 5) is 2.70. The third-order valence-electron chi connectivity index (χ3n) is 4.36. The molecule has 0 aromatic heterocycles. The molecule has 2 heteroatoms. The summed E-state index contributed by atoms with van der Waals surface area (Å²) < 4.78 is 0. The van der Waals surface area contributed by atoms with Crippen molar-refractivity contribution in [2.75, 3.05) is 19.6 Å². The van der Waals surface area contributed by atoms with Gasteiger partial charge in [0.15, 0.2) is 0 Å². The average molecular weight is 196 g/mol. The summed E-state index contributed by atoms with van der Waals surface area (Å²) in [6.45, 7) is 5.82. The summed E-state index contributed by atoms with van der Waals surface area (Å²) in [7, 11) is 0. The highest BCUT2D eigenvalue weighted by molar-refractivity contribution is 4.93. The number of nitrogens with zero attached hydrogens (tertiary/aromatic N) is 1. The molecule has 0 spiro atoms. The number of nitrogens with two attached hydrogens (primary N) is 1. The summed E-state index contributed by atoms with van der Waals surface area (Å²) in [5, 5.41) is 0. The first-order valence-electron chi connectivity index (χ1n) is 6.24. The summed E-state index contributed by atoms with van der Waals surface area (Å²) in [5.41, 5.74) is 6.42. The molecule has 0 radical (unpaired) electrons. The van der Waals surface area contributed by atoms with Crippen molar-refractivity contribution in [2.24, 2.45) is 11.1 Å². The van der Waals surface area contributed by atoms with Gasteiger partial charge in [0.1, 0.15) is 0 Å². The van der Waals surface area contributed by atoms with Gasteiger partial charge in [0.25, 0.3) is 0 Å². The molecule has 1 unspecified atom stereocenters. The van der Waals surface area contributed by atoms with E-state index in [-0.39, 0.29) is 0 Å². The molecule has 1 aliphatic carbocycles. The van der Waals surface area contributed by atoms with Gasteiger partial charge >= 0.3 is 0 Å². The van der Waals surface area contributed by atoms with Crippen molar-refractivity contribution in [2.45, 2.75) is 51.5 Å². The van der Waals surface area contributed by atoms with Gasteiger partial charge in [-0.3, -0.25) is 4.90 Å². The van der Waals surface area contributed by atoms with Gasteiger partial charge in [0.05, 0.1) is 0 Å². The van der Waals surface area contributed by atoms with E-state index in [2.05, 4.69) is 11.8 Å². The second-order valence-corrected chi connectivity index (χ2v) is 5.23. The SMILES string of the molecule is CCC1CCCN1CC1(CN)CCC1. The van der Waals surface area contributed by atoms with Crippen LogP contribution in [-0.4, -0.2) is 30.6 Å². The van der Waals surface area contributed by atoms with Crippen molar-refractivity contribution in [1.29, 1.82) is 0 Å². The Morgan fingerprint density at radius 1 is 1.36 bits per heavy atom. The highest BCUT2D eigenvalue weighted by Gasteiger charge is 2.39. The Morgan fingerprint density at radius 2 is 2.14 bits per heavy atom. The van der Waals surface area contributed by atoms with Crippen molar-refractivity contribution in [3.63, 3.8) is 0 Å². The van der Waals surface area contributed by atoms with Crippen LogP contribution in [0, 0.1) is 5.41 Å². The molecule has 0 amide bonds. The van der Waals surface area contributed by atoms with Crippen LogP contribution in [-0.2, 0) is 0 Å². The Morgan fingerprint density at radius 3 is 2.64 bits per heavy atom. The zero-order chi connectivity index (χ0) is 10.0. The highest BCUT2D eigenvalue weighted by Crippen LogP contribution is 2.41. The van der Waals surface area contributed by atoms with Gasteiger partial charge in [-0.25, -0.2) is 0 Å². The van der Waals surface area contributed by atoms with Crippen molar-refractivity contribution in [1.82, 2.24) is 4.90 Å². The zero-order valence-corrected chi connectivity index (χ0v) is 9.47. The van der Waals surface area contributed by atoms with Crippen molar-refractivity contribution < 1.29 is 0 Å². The summed E-state index contributed by atoms with van der Waals surface area (Å²) in [5.74, 6) is 0. The smallest absolute Gasteiger partial charge is 0.00933 e.